The number of aryl methyl sites for hydroxylation is 1. The van der Waals surface area contributed by atoms with Crippen molar-refractivity contribution < 1.29 is 37.5 Å². The number of halogens is 3. The third kappa shape index (κ3) is 5.77. The molecule has 0 spiro atoms. The lowest BCUT2D eigenvalue weighted by Gasteiger charge is -2.49. The molecule has 0 bridgehead atoms. The summed E-state index contributed by atoms with van der Waals surface area (Å²) in [4.78, 5) is 46.7. The number of carbonyl (C=O) groups excluding carboxylic acids is 2. The predicted molar refractivity (Wildman–Crippen MR) is 122 cm³/mol. The van der Waals surface area contributed by atoms with Crippen LogP contribution < -0.4 is 11.1 Å². The number of thioether (sulfide) groups is 2. The van der Waals surface area contributed by atoms with E-state index >= 15 is 0 Å². The first kappa shape index (κ1) is 26.6. The van der Waals surface area contributed by atoms with E-state index in [9.17, 15) is 32.7 Å². The molecule has 4 heterocycles. The number of rotatable bonds is 9. The third-order valence-corrected chi connectivity index (χ3v) is 7.72. The maximum Gasteiger partial charge on any atom is 0.425 e. The van der Waals surface area contributed by atoms with Crippen LogP contribution in [0.4, 0.5) is 18.3 Å². The van der Waals surface area contributed by atoms with Gasteiger partial charge < -0.3 is 21.0 Å². The van der Waals surface area contributed by atoms with E-state index in [-0.39, 0.29) is 22.3 Å². The van der Waals surface area contributed by atoms with Crippen LogP contribution in [-0.4, -0.2) is 98.8 Å². The molecule has 4 rings (SSSR count). The molecule has 1 unspecified atom stereocenters. The molecule has 2 aliphatic heterocycles. The van der Waals surface area contributed by atoms with E-state index in [4.69, 9.17) is 5.73 Å². The first-order valence-electron chi connectivity index (χ1n) is 9.88. The van der Waals surface area contributed by atoms with E-state index in [1.165, 1.54) is 28.2 Å². The van der Waals surface area contributed by atoms with Gasteiger partial charge in [-0.3, -0.25) is 14.5 Å². The summed E-state index contributed by atoms with van der Waals surface area (Å²) in [5.74, 6) is -3.14. The summed E-state index contributed by atoms with van der Waals surface area (Å²) in [7, 11) is 1.62. The number of carboxylic acids is 1. The number of carbonyl (C=O) groups is 3. The molecule has 2 amide bonds. The van der Waals surface area contributed by atoms with Crippen LogP contribution in [-0.2, 0) is 26.3 Å². The lowest BCUT2D eigenvalue weighted by atomic mass is 10.0. The van der Waals surface area contributed by atoms with Gasteiger partial charge in [-0.05, 0) is 16.0 Å². The lowest BCUT2D eigenvalue weighted by molar-refractivity contribution is -0.174. The van der Waals surface area contributed by atoms with Gasteiger partial charge in [0.1, 0.15) is 17.1 Å². The Labute approximate surface area is 216 Å². The van der Waals surface area contributed by atoms with Crippen LogP contribution in [0, 0.1) is 0 Å². The molecule has 0 saturated carbocycles. The Balaban J connectivity index is 1.49. The molecule has 1 fully saturated rings. The fraction of sp³-hybridized carbons (Fsp3) is 0.438. The van der Waals surface area contributed by atoms with E-state index in [2.05, 4.69) is 40.2 Å². The number of amides is 2. The van der Waals surface area contributed by atoms with Gasteiger partial charge in [0.15, 0.2) is 5.13 Å². The third-order valence-electron chi connectivity index (χ3n) is 4.75. The maximum absolute atomic E-state index is 12.9. The first-order valence-corrected chi connectivity index (χ1v) is 12.7. The second kappa shape index (κ2) is 10.5. The molecule has 0 aliphatic carbocycles. The van der Waals surface area contributed by atoms with Crippen molar-refractivity contribution in [3.05, 3.63) is 17.1 Å². The van der Waals surface area contributed by atoms with Crippen LogP contribution in [0.15, 0.2) is 21.6 Å². The summed E-state index contributed by atoms with van der Waals surface area (Å²) in [5, 5.41) is 25.9. The van der Waals surface area contributed by atoms with Gasteiger partial charge in [0.2, 0.25) is 23.3 Å². The van der Waals surface area contributed by atoms with Gasteiger partial charge in [-0.2, -0.15) is 22.5 Å². The lowest BCUT2D eigenvalue weighted by Crippen LogP contribution is -2.71. The number of aliphatic carboxylic acids is 1. The minimum Gasteiger partial charge on any atom is -0.477 e. The Morgan fingerprint density at radius 3 is 2.76 bits per heavy atom. The molecular weight excluding hydrogens is 565 g/mol. The molecule has 198 valence electrons. The second-order valence-electron chi connectivity index (χ2n) is 7.28. The highest BCUT2D eigenvalue weighted by molar-refractivity contribution is 8.01. The highest BCUT2D eigenvalue weighted by Crippen LogP contribution is 2.41. The molecule has 21 heteroatoms. The number of carboxylic acid groups (broad SMARTS) is 1. The molecule has 37 heavy (non-hydrogen) atoms. The molecule has 1 saturated heterocycles. The van der Waals surface area contributed by atoms with E-state index in [0.29, 0.717) is 22.3 Å². The van der Waals surface area contributed by atoms with Crippen LogP contribution in [0.1, 0.15) is 5.82 Å². The van der Waals surface area contributed by atoms with Gasteiger partial charge >= 0.3 is 12.1 Å². The van der Waals surface area contributed by atoms with Gasteiger partial charge in [0, 0.05) is 30.1 Å². The number of anilines is 1. The topological polar surface area (TPSA) is 204 Å². The summed E-state index contributed by atoms with van der Waals surface area (Å²) in [6, 6.07) is -1.19. The van der Waals surface area contributed by atoms with Crippen LogP contribution in [0.25, 0.3) is 0 Å². The average molecular weight is 581 g/mol. The van der Waals surface area contributed by atoms with Crippen molar-refractivity contribution in [1.29, 1.82) is 0 Å². The number of hydrogen-bond acceptors (Lipinski definition) is 14. The van der Waals surface area contributed by atoms with Crippen molar-refractivity contribution in [1.82, 2.24) is 39.8 Å². The predicted octanol–water partition coefficient (Wildman–Crippen LogP) is -0.542. The SMILES string of the molecule is Cn1nnnc1SCC1=C(C(=O)O)N2C(=O)C(NC(=O)C(=NOCC(F)(F)F)c3nsc(N)n3)[C@H]2SC1. The Morgan fingerprint density at radius 2 is 2.16 bits per heavy atom. The van der Waals surface area contributed by atoms with Crippen molar-refractivity contribution in [2.45, 2.75) is 22.7 Å². The van der Waals surface area contributed by atoms with E-state index in [1.807, 2.05) is 0 Å². The zero-order valence-corrected chi connectivity index (χ0v) is 20.8. The Morgan fingerprint density at radius 1 is 1.41 bits per heavy atom. The number of tetrazole rings is 1. The Kier molecular flexibility index (Phi) is 7.54. The molecule has 2 aromatic heterocycles. The smallest absolute Gasteiger partial charge is 0.425 e. The average Bonchev–Trinajstić information content (AvgIpc) is 3.44. The molecular formula is C16H15F3N10O5S3. The molecule has 15 nitrogen and oxygen atoms in total. The second-order valence-corrected chi connectivity index (χ2v) is 10.1. The number of fused-ring (bicyclic) bond motifs is 1. The number of hydrogen-bond donors (Lipinski definition) is 3. The van der Waals surface area contributed by atoms with Crippen molar-refractivity contribution in [2.24, 2.45) is 12.2 Å². The van der Waals surface area contributed by atoms with Crippen LogP contribution >= 0.6 is 35.1 Å². The highest BCUT2D eigenvalue weighted by atomic mass is 32.2. The van der Waals surface area contributed by atoms with Gasteiger partial charge in [-0.25, -0.2) is 9.48 Å². The fourth-order valence-corrected chi connectivity index (χ4v) is 5.95. The van der Waals surface area contributed by atoms with E-state index in [1.54, 1.807) is 7.05 Å². The molecule has 2 atom stereocenters. The van der Waals surface area contributed by atoms with E-state index < -0.39 is 53.5 Å². The number of nitrogens with one attached hydrogen (secondary N) is 1. The zero-order chi connectivity index (χ0) is 26.9. The van der Waals surface area contributed by atoms with Crippen molar-refractivity contribution in [2.75, 3.05) is 23.8 Å². The number of nitrogen functional groups attached to an aromatic ring is 1. The van der Waals surface area contributed by atoms with Crippen molar-refractivity contribution in [3.63, 3.8) is 0 Å². The fourth-order valence-electron chi connectivity index (χ4n) is 3.18. The van der Waals surface area contributed by atoms with Crippen molar-refractivity contribution >= 4 is 63.7 Å². The number of oxime groups is 1. The molecule has 2 aromatic rings. The van der Waals surface area contributed by atoms with Gasteiger partial charge in [-0.1, -0.05) is 16.9 Å². The largest absolute Gasteiger partial charge is 0.477 e. The number of aromatic nitrogens is 6. The minimum absolute atomic E-state index is 0.0844. The normalized spacial score (nSPS) is 19.9. The monoisotopic (exact) mass is 580 g/mol. The quantitative estimate of drug-likeness (QED) is 0.148. The van der Waals surface area contributed by atoms with Crippen LogP contribution in [0.3, 0.4) is 0 Å². The molecule has 0 radical (unpaired) electrons. The van der Waals surface area contributed by atoms with Crippen LogP contribution in [0.2, 0.25) is 0 Å². The number of nitrogens with two attached hydrogens (primary N) is 1. The summed E-state index contributed by atoms with van der Waals surface area (Å²) >= 11 is 3.05. The molecule has 0 aromatic carbocycles. The summed E-state index contributed by atoms with van der Waals surface area (Å²) in [6.45, 7) is -1.78. The Hall–Kier alpha value is -3.46. The van der Waals surface area contributed by atoms with Gasteiger partial charge in [0.05, 0.1) is 0 Å². The minimum atomic E-state index is -4.72. The summed E-state index contributed by atoms with van der Waals surface area (Å²) in [5.41, 5.74) is 4.98. The standard InChI is InChI=1S/C16H15F3N10O5S3/c1-28-15(23-26-27-28)36-3-5-2-35-12-7(11(31)29(12)8(5)13(32)33)21-10(30)6(9-22-14(20)37-25-9)24-34-4-16(17,18)19/h7,12H,2-4H2,1H3,(H,21,30)(H,32,33)(H2,20,22,25)/t7?,12-/m1/s1. The molecule has 2 aliphatic rings. The number of nitrogens with zero attached hydrogens (tertiary/aromatic N) is 8. The highest BCUT2D eigenvalue weighted by Gasteiger charge is 2.54. The van der Waals surface area contributed by atoms with Gasteiger partial charge in [-0.15, -0.1) is 16.9 Å². The number of β-lactam (4-membered cyclic amide) rings is 1. The van der Waals surface area contributed by atoms with Crippen molar-refractivity contribution in [3.8, 4) is 0 Å². The number of alkyl halides is 3. The maximum atomic E-state index is 12.9. The summed E-state index contributed by atoms with van der Waals surface area (Å²) in [6.07, 6.45) is -4.72. The zero-order valence-electron chi connectivity index (χ0n) is 18.4. The van der Waals surface area contributed by atoms with E-state index in [0.717, 1.165) is 4.90 Å². The molecule has 4 N–H and O–H groups in total. The first-order chi connectivity index (χ1) is 17.5. The van der Waals surface area contributed by atoms with Crippen LogP contribution in [0.5, 0.6) is 0 Å². The van der Waals surface area contributed by atoms with Gasteiger partial charge in [0.25, 0.3) is 11.8 Å². The Bertz CT molecular complexity index is 1300. The summed E-state index contributed by atoms with van der Waals surface area (Å²) < 4.78 is 42.5.